The Hall–Kier alpha value is -0.340. The molecule has 1 saturated heterocycles. The van der Waals surface area contributed by atoms with Gasteiger partial charge in [0.25, 0.3) is 0 Å². The molecule has 0 aromatic carbocycles. The van der Waals surface area contributed by atoms with E-state index in [4.69, 9.17) is 4.74 Å². The van der Waals surface area contributed by atoms with Gasteiger partial charge < -0.3 is 9.84 Å². The highest BCUT2D eigenvalue weighted by Gasteiger charge is 2.56. The Morgan fingerprint density at radius 2 is 2.12 bits per heavy atom. The molecule has 0 aromatic heterocycles. The van der Waals surface area contributed by atoms with Crippen LogP contribution in [0.3, 0.4) is 0 Å². The highest BCUT2D eigenvalue weighted by Crippen LogP contribution is 2.57. The molecular formula is C14H24O2. The summed E-state index contributed by atoms with van der Waals surface area (Å²) < 4.78 is 5.91. The van der Waals surface area contributed by atoms with Crippen molar-refractivity contribution in [2.75, 3.05) is 13.2 Å². The predicted molar refractivity (Wildman–Crippen MR) is 65.2 cm³/mol. The first kappa shape index (κ1) is 12.1. The average Bonchev–Trinajstić information content (AvgIpc) is 2.53. The summed E-state index contributed by atoms with van der Waals surface area (Å²) in [7, 11) is 0. The Morgan fingerprint density at radius 3 is 2.69 bits per heavy atom. The monoisotopic (exact) mass is 224 g/mol. The van der Waals surface area contributed by atoms with Crippen molar-refractivity contribution >= 4 is 0 Å². The van der Waals surface area contributed by atoms with E-state index in [9.17, 15) is 5.11 Å². The van der Waals surface area contributed by atoms with E-state index in [2.05, 4.69) is 33.8 Å². The molecule has 1 N–H and O–H groups in total. The normalized spacial score (nSPS) is 44.7. The van der Waals surface area contributed by atoms with E-state index in [1.165, 1.54) is 5.57 Å². The van der Waals surface area contributed by atoms with Crippen LogP contribution in [0, 0.1) is 16.7 Å². The first-order valence-electron chi connectivity index (χ1n) is 6.35. The molecule has 0 spiro atoms. The van der Waals surface area contributed by atoms with Crippen molar-refractivity contribution < 1.29 is 9.84 Å². The molecule has 2 rings (SSSR count). The molecule has 2 aliphatic rings. The van der Waals surface area contributed by atoms with Crippen LogP contribution in [0.4, 0.5) is 0 Å². The molecule has 1 saturated carbocycles. The maximum atomic E-state index is 9.77. The minimum atomic E-state index is 0.0469. The zero-order valence-electron chi connectivity index (χ0n) is 10.9. The van der Waals surface area contributed by atoms with Crippen LogP contribution in [0.25, 0.3) is 0 Å². The van der Waals surface area contributed by atoms with Crippen LogP contribution in [-0.4, -0.2) is 24.4 Å². The van der Waals surface area contributed by atoms with E-state index in [-0.39, 0.29) is 17.4 Å². The molecule has 1 heterocycles. The van der Waals surface area contributed by atoms with Crippen molar-refractivity contribution in [1.82, 2.24) is 0 Å². The summed E-state index contributed by atoms with van der Waals surface area (Å²) >= 11 is 0. The van der Waals surface area contributed by atoms with Crippen LogP contribution >= 0.6 is 0 Å². The Balaban J connectivity index is 2.42. The molecule has 1 aliphatic heterocycles. The summed E-state index contributed by atoms with van der Waals surface area (Å²) in [6.45, 7) is 9.94. The first-order valence-corrected chi connectivity index (χ1v) is 6.35. The van der Waals surface area contributed by atoms with Crippen LogP contribution in [-0.2, 0) is 4.74 Å². The lowest BCUT2D eigenvalue weighted by molar-refractivity contribution is -0.0796. The third-order valence-electron chi connectivity index (χ3n) is 5.05. The van der Waals surface area contributed by atoms with Gasteiger partial charge in [0.1, 0.15) is 0 Å². The number of fused-ring (bicyclic) bond motifs is 1. The van der Waals surface area contributed by atoms with Gasteiger partial charge in [-0.3, -0.25) is 0 Å². The van der Waals surface area contributed by atoms with Gasteiger partial charge >= 0.3 is 0 Å². The third kappa shape index (κ3) is 1.46. The van der Waals surface area contributed by atoms with Gasteiger partial charge in [0, 0.05) is 12.0 Å². The van der Waals surface area contributed by atoms with E-state index >= 15 is 0 Å². The molecule has 0 bridgehead atoms. The molecule has 0 radical (unpaired) electrons. The summed E-state index contributed by atoms with van der Waals surface area (Å²) in [5, 5.41) is 9.77. The zero-order valence-corrected chi connectivity index (χ0v) is 10.9. The summed E-state index contributed by atoms with van der Waals surface area (Å²) in [4.78, 5) is 0. The fourth-order valence-corrected chi connectivity index (χ4v) is 3.88. The molecular weight excluding hydrogens is 200 g/mol. The smallest absolute Gasteiger partial charge is 0.0687 e. The highest BCUT2D eigenvalue weighted by molar-refractivity contribution is 5.24. The number of aliphatic hydroxyl groups excluding tert-OH is 1. The van der Waals surface area contributed by atoms with Gasteiger partial charge in [0.2, 0.25) is 0 Å². The quantitative estimate of drug-likeness (QED) is 0.694. The Bertz CT molecular complexity index is 306. The molecule has 2 fully saturated rings. The molecule has 16 heavy (non-hydrogen) atoms. The van der Waals surface area contributed by atoms with Crippen molar-refractivity contribution in [2.45, 2.75) is 46.6 Å². The molecule has 3 atom stereocenters. The summed E-state index contributed by atoms with van der Waals surface area (Å²) in [5.41, 5.74) is 1.64. The van der Waals surface area contributed by atoms with Crippen LogP contribution in [0.15, 0.2) is 11.6 Å². The summed E-state index contributed by atoms with van der Waals surface area (Å²) in [6, 6.07) is 0. The Labute approximate surface area is 98.7 Å². The van der Waals surface area contributed by atoms with Gasteiger partial charge in [-0.1, -0.05) is 26.8 Å². The van der Waals surface area contributed by atoms with Crippen molar-refractivity contribution in [3.8, 4) is 0 Å². The molecule has 0 amide bonds. The lowest BCUT2D eigenvalue weighted by atomic mass is 9.54. The number of hydrogen-bond acceptors (Lipinski definition) is 2. The van der Waals surface area contributed by atoms with Crippen LogP contribution in [0.5, 0.6) is 0 Å². The first-order chi connectivity index (χ1) is 7.46. The lowest BCUT2D eigenvalue weighted by Crippen LogP contribution is -2.50. The number of aliphatic hydroxyl groups is 1. The maximum Gasteiger partial charge on any atom is 0.0687 e. The topological polar surface area (TPSA) is 29.5 Å². The third-order valence-corrected chi connectivity index (χ3v) is 5.05. The van der Waals surface area contributed by atoms with Crippen LogP contribution in [0.2, 0.25) is 0 Å². The lowest BCUT2D eigenvalue weighted by Gasteiger charge is -2.51. The minimum absolute atomic E-state index is 0.0469. The molecule has 2 nitrogen and oxygen atoms in total. The fraction of sp³-hybridized carbons (Fsp3) is 0.857. The van der Waals surface area contributed by atoms with Crippen LogP contribution < -0.4 is 0 Å². The zero-order chi connectivity index (χ0) is 12.0. The Kier molecular flexibility index (Phi) is 2.92. The van der Waals surface area contributed by atoms with Crippen molar-refractivity contribution in [2.24, 2.45) is 16.7 Å². The van der Waals surface area contributed by atoms with Crippen LogP contribution in [0.1, 0.15) is 40.5 Å². The van der Waals surface area contributed by atoms with E-state index < -0.39 is 0 Å². The molecule has 0 aromatic rings. The second kappa shape index (κ2) is 3.85. The van der Waals surface area contributed by atoms with Crippen molar-refractivity contribution in [3.63, 3.8) is 0 Å². The van der Waals surface area contributed by atoms with Gasteiger partial charge in [-0.25, -0.2) is 0 Å². The maximum absolute atomic E-state index is 9.77. The average molecular weight is 224 g/mol. The van der Waals surface area contributed by atoms with Gasteiger partial charge in [0.15, 0.2) is 0 Å². The molecule has 1 aliphatic carbocycles. The van der Waals surface area contributed by atoms with Gasteiger partial charge in [-0.15, -0.1) is 0 Å². The van der Waals surface area contributed by atoms with Gasteiger partial charge in [-0.2, -0.15) is 0 Å². The SMILES string of the molecule is C/C=C1\CO[C@@H]2CCC(C)(C)[C@H](CO)[C@]12C. The van der Waals surface area contributed by atoms with Crippen molar-refractivity contribution in [3.05, 3.63) is 11.6 Å². The van der Waals surface area contributed by atoms with Gasteiger partial charge in [0.05, 0.1) is 12.7 Å². The summed E-state index contributed by atoms with van der Waals surface area (Å²) in [6.07, 6.45) is 4.76. The van der Waals surface area contributed by atoms with E-state index in [1.807, 2.05) is 0 Å². The van der Waals surface area contributed by atoms with E-state index in [0.29, 0.717) is 12.0 Å². The number of rotatable bonds is 1. The standard InChI is InChI=1S/C14H24O2/c1-5-10-9-16-12-6-7-13(2,3)11(8-15)14(10,12)4/h5,11-12,15H,6-9H2,1-4H3/b10-5+/t11-,12+,14-/m0/s1. The fourth-order valence-electron chi connectivity index (χ4n) is 3.88. The second-order valence-electron chi connectivity index (χ2n) is 6.16. The van der Waals surface area contributed by atoms with E-state index in [0.717, 1.165) is 19.4 Å². The molecule has 92 valence electrons. The van der Waals surface area contributed by atoms with E-state index in [1.54, 1.807) is 0 Å². The summed E-state index contributed by atoms with van der Waals surface area (Å²) in [5.74, 6) is 0.312. The van der Waals surface area contributed by atoms with Crippen molar-refractivity contribution in [1.29, 1.82) is 0 Å². The minimum Gasteiger partial charge on any atom is -0.396 e. The number of ether oxygens (including phenoxy) is 1. The highest BCUT2D eigenvalue weighted by atomic mass is 16.5. The number of hydrogen-bond donors (Lipinski definition) is 1. The predicted octanol–water partition coefficient (Wildman–Crippen LogP) is 2.77. The second-order valence-corrected chi connectivity index (χ2v) is 6.16. The molecule has 0 unspecified atom stereocenters. The Morgan fingerprint density at radius 1 is 1.44 bits per heavy atom. The number of allylic oxidation sites excluding steroid dienone is 1. The largest absolute Gasteiger partial charge is 0.396 e. The molecule has 2 heteroatoms. The van der Waals surface area contributed by atoms with Gasteiger partial charge in [-0.05, 0) is 36.7 Å².